The van der Waals surface area contributed by atoms with Crippen LogP contribution in [0.25, 0.3) is 0 Å². The summed E-state index contributed by atoms with van der Waals surface area (Å²) >= 11 is 0. The first kappa shape index (κ1) is 23.2. The van der Waals surface area contributed by atoms with Crippen molar-refractivity contribution in [2.75, 3.05) is 7.11 Å². The number of allylic oxidation sites excluding steroid dienone is 1. The summed E-state index contributed by atoms with van der Waals surface area (Å²) in [6.07, 6.45) is 1.48. The van der Waals surface area contributed by atoms with E-state index >= 15 is 0 Å². The smallest absolute Gasteiger partial charge is 0.305 e. The molecule has 1 aliphatic carbocycles. The second-order valence-electron chi connectivity index (χ2n) is 7.97. The van der Waals surface area contributed by atoms with Crippen LogP contribution in [0.15, 0.2) is 12.2 Å². The van der Waals surface area contributed by atoms with Gasteiger partial charge in [-0.3, -0.25) is 4.79 Å². The predicted octanol–water partition coefficient (Wildman–Crippen LogP) is 3.27. The molecule has 2 aliphatic rings. The molecule has 0 radical (unpaired) electrons. The quantitative estimate of drug-likeness (QED) is 0.408. The Morgan fingerprint density at radius 3 is 2.82 bits per heavy atom. The number of hydrogen-bond donors (Lipinski definition) is 2. The minimum absolute atomic E-state index is 0.210. The average molecular weight is 404 g/mol. The minimum Gasteiger partial charge on any atom is -0.469 e. The molecule has 1 heterocycles. The van der Waals surface area contributed by atoms with Gasteiger partial charge in [-0.15, -0.1) is 0 Å². The molecule has 1 aliphatic heterocycles. The molecular weight excluding hydrogens is 370 g/mol. The van der Waals surface area contributed by atoms with Crippen LogP contribution in [-0.2, 0) is 14.3 Å². The molecule has 2 fully saturated rings. The molecule has 28 heavy (non-hydrogen) atoms. The Bertz CT molecular complexity index is 515. The second kappa shape index (κ2) is 11.2. The SMILES string of the molecule is CCCC[C@H](F)[C@H](O)CC[C@@H]1[C@H]2[C@H](F)C(C=CCCC(=O)OC)O[C@@H]2C[C@H]1O. The van der Waals surface area contributed by atoms with Crippen molar-refractivity contribution in [2.24, 2.45) is 11.8 Å². The average Bonchev–Trinajstić information content (AvgIpc) is 3.15. The number of carbonyl (C=O) groups is 1. The van der Waals surface area contributed by atoms with Gasteiger partial charge in [0.25, 0.3) is 0 Å². The lowest BCUT2D eigenvalue weighted by Crippen LogP contribution is -2.31. The highest BCUT2D eigenvalue weighted by molar-refractivity contribution is 5.69. The van der Waals surface area contributed by atoms with E-state index in [-0.39, 0.29) is 30.8 Å². The number of carbonyl (C=O) groups excluding carboxylic acids is 1. The summed E-state index contributed by atoms with van der Waals surface area (Å²) in [5.41, 5.74) is 0. The van der Waals surface area contributed by atoms with Crippen molar-refractivity contribution >= 4 is 5.97 Å². The van der Waals surface area contributed by atoms with Gasteiger partial charge in [0, 0.05) is 18.8 Å². The number of alkyl halides is 2. The number of esters is 1. The first-order valence-corrected chi connectivity index (χ1v) is 10.4. The van der Waals surface area contributed by atoms with Crippen LogP contribution in [0.3, 0.4) is 0 Å². The Labute approximate surface area is 166 Å². The monoisotopic (exact) mass is 404 g/mol. The van der Waals surface area contributed by atoms with E-state index in [2.05, 4.69) is 4.74 Å². The second-order valence-corrected chi connectivity index (χ2v) is 7.97. The van der Waals surface area contributed by atoms with Gasteiger partial charge in [0.2, 0.25) is 0 Å². The van der Waals surface area contributed by atoms with Crippen LogP contribution in [-0.4, -0.2) is 60.1 Å². The van der Waals surface area contributed by atoms with E-state index in [0.717, 1.165) is 12.8 Å². The predicted molar refractivity (Wildman–Crippen MR) is 101 cm³/mol. The largest absolute Gasteiger partial charge is 0.469 e. The molecule has 0 aromatic heterocycles. The van der Waals surface area contributed by atoms with E-state index in [1.165, 1.54) is 7.11 Å². The summed E-state index contributed by atoms with van der Waals surface area (Å²) in [5.74, 6) is -1.12. The summed E-state index contributed by atoms with van der Waals surface area (Å²) in [7, 11) is 1.32. The van der Waals surface area contributed by atoms with Crippen molar-refractivity contribution in [1.29, 1.82) is 0 Å². The lowest BCUT2D eigenvalue weighted by Gasteiger charge is -2.25. The zero-order valence-electron chi connectivity index (χ0n) is 16.8. The standard InChI is InChI=1S/C21H34F2O5/c1-3-4-7-14(22)15(24)11-10-13-16(25)12-18-20(13)21(23)17(28-18)8-5-6-9-19(26)27-2/h5,8,13-18,20-21,24-25H,3-4,6-7,9-12H2,1-2H3/t13-,14-,15+,16+,17?,18+,20+,21+/m0/s1. The number of halogens is 2. The zero-order valence-corrected chi connectivity index (χ0v) is 16.8. The van der Waals surface area contributed by atoms with Gasteiger partial charge in [0.15, 0.2) is 0 Å². The molecule has 2 rings (SSSR count). The Kier molecular flexibility index (Phi) is 9.31. The Morgan fingerprint density at radius 1 is 1.39 bits per heavy atom. The van der Waals surface area contributed by atoms with Crippen molar-refractivity contribution in [2.45, 2.75) is 95.0 Å². The van der Waals surface area contributed by atoms with Crippen LogP contribution in [0, 0.1) is 11.8 Å². The normalized spacial score (nSPS) is 34.5. The molecule has 1 unspecified atom stereocenters. The summed E-state index contributed by atoms with van der Waals surface area (Å²) in [6, 6.07) is 0. The number of unbranched alkanes of at least 4 members (excludes halogenated alkanes) is 1. The number of rotatable bonds is 11. The maximum atomic E-state index is 15.0. The van der Waals surface area contributed by atoms with E-state index in [1.807, 2.05) is 6.92 Å². The molecule has 0 aromatic carbocycles. The van der Waals surface area contributed by atoms with Crippen LogP contribution < -0.4 is 0 Å². The molecule has 0 amide bonds. The summed E-state index contributed by atoms with van der Waals surface area (Å²) in [6.45, 7) is 1.97. The molecule has 0 aromatic rings. The molecule has 1 saturated heterocycles. The van der Waals surface area contributed by atoms with Gasteiger partial charge in [-0.05, 0) is 31.6 Å². The van der Waals surface area contributed by atoms with Crippen molar-refractivity contribution in [1.82, 2.24) is 0 Å². The van der Waals surface area contributed by atoms with E-state index < -0.39 is 36.6 Å². The van der Waals surface area contributed by atoms with E-state index in [0.29, 0.717) is 25.7 Å². The topological polar surface area (TPSA) is 76.0 Å². The highest BCUT2D eigenvalue weighted by atomic mass is 19.1. The van der Waals surface area contributed by atoms with Crippen LogP contribution in [0.4, 0.5) is 8.78 Å². The Morgan fingerprint density at radius 2 is 2.14 bits per heavy atom. The van der Waals surface area contributed by atoms with Crippen molar-refractivity contribution < 1.29 is 33.3 Å². The molecule has 1 saturated carbocycles. The number of aliphatic hydroxyl groups is 2. The maximum Gasteiger partial charge on any atom is 0.305 e. The number of ether oxygens (including phenoxy) is 2. The van der Waals surface area contributed by atoms with Gasteiger partial charge in [-0.2, -0.15) is 0 Å². The number of fused-ring (bicyclic) bond motifs is 1. The van der Waals surface area contributed by atoms with Crippen LogP contribution >= 0.6 is 0 Å². The van der Waals surface area contributed by atoms with Crippen LogP contribution in [0.2, 0.25) is 0 Å². The minimum atomic E-state index is -1.28. The van der Waals surface area contributed by atoms with E-state index in [4.69, 9.17) is 4.74 Å². The van der Waals surface area contributed by atoms with Gasteiger partial charge in [0.05, 0.1) is 25.4 Å². The number of aliphatic hydroxyl groups excluding tert-OH is 2. The lowest BCUT2D eigenvalue weighted by atomic mass is 9.84. The summed E-state index contributed by atoms with van der Waals surface area (Å²) < 4.78 is 39.2. The first-order chi connectivity index (χ1) is 13.4. The summed E-state index contributed by atoms with van der Waals surface area (Å²) in [5, 5.41) is 20.3. The third kappa shape index (κ3) is 5.97. The molecule has 8 atom stereocenters. The fraction of sp³-hybridized carbons (Fsp3) is 0.857. The lowest BCUT2D eigenvalue weighted by molar-refractivity contribution is -0.140. The van der Waals surface area contributed by atoms with E-state index in [9.17, 15) is 23.8 Å². The van der Waals surface area contributed by atoms with Gasteiger partial charge in [-0.25, -0.2) is 8.78 Å². The molecule has 0 bridgehead atoms. The molecule has 5 nitrogen and oxygen atoms in total. The summed E-state index contributed by atoms with van der Waals surface area (Å²) in [4.78, 5) is 11.1. The highest BCUT2D eigenvalue weighted by Crippen LogP contribution is 2.47. The molecule has 7 heteroatoms. The van der Waals surface area contributed by atoms with Gasteiger partial charge in [-0.1, -0.05) is 31.9 Å². The zero-order chi connectivity index (χ0) is 20.7. The molecule has 2 N–H and O–H groups in total. The van der Waals surface area contributed by atoms with Crippen LogP contribution in [0.5, 0.6) is 0 Å². The fourth-order valence-corrected chi connectivity index (χ4v) is 4.39. The third-order valence-electron chi connectivity index (χ3n) is 6.02. The molecule has 162 valence electrons. The van der Waals surface area contributed by atoms with Gasteiger partial charge < -0.3 is 19.7 Å². The highest BCUT2D eigenvalue weighted by Gasteiger charge is 2.54. The van der Waals surface area contributed by atoms with Crippen molar-refractivity contribution in [3.05, 3.63) is 12.2 Å². The number of methoxy groups -OCH3 is 1. The fourth-order valence-electron chi connectivity index (χ4n) is 4.39. The van der Waals surface area contributed by atoms with Crippen molar-refractivity contribution in [3.8, 4) is 0 Å². The molecular formula is C21H34F2O5. The Balaban J connectivity index is 1.85. The van der Waals surface area contributed by atoms with E-state index in [1.54, 1.807) is 12.2 Å². The Hall–Kier alpha value is -1.05. The van der Waals surface area contributed by atoms with Gasteiger partial charge in [0.1, 0.15) is 18.4 Å². The number of hydrogen-bond acceptors (Lipinski definition) is 5. The van der Waals surface area contributed by atoms with Crippen molar-refractivity contribution in [3.63, 3.8) is 0 Å². The first-order valence-electron chi connectivity index (χ1n) is 10.4. The molecule has 0 spiro atoms. The van der Waals surface area contributed by atoms with Gasteiger partial charge >= 0.3 is 5.97 Å². The third-order valence-corrected chi connectivity index (χ3v) is 6.02. The van der Waals surface area contributed by atoms with Crippen LogP contribution in [0.1, 0.15) is 58.3 Å². The maximum absolute atomic E-state index is 15.0.